The number of nitrogens with one attached hydrogen (secondary N) is 1. The van der Waals surface area contributed by atoms with E-state index in [0.717, 1.165) is 11.3 Å². The van der Waals surface area contributed by atoms with E-state index in [0.29, 0.717) is 24.5 Å². The largest absolute Gasteiger partial charge is 0.465 e. The molecule has 4 N–H and O–H groups in total. The van der Waals surface area contributed by atoms with E-state index in [9.17, 15) is 14.7 Å². The smallest absolute Gasteiger partial charge is 0.350 e. The van der Waals surface area contributed by atoms with Gasteiger partial charge in [-0.15, -0.1) is 11.3 Å². The maximum Gasteiger partial charge on any atom is 0.350 e. The van der Waals surface area contributed by atoms with Gasteiger partial charge in [0.1, 0.15) is 9.88 Å². The Bertz CT molecular complexity index is 582. The summed E-state index contributed by atoms with van der Waals surface area (Å²) < 4.78 is 4.69. The van der Waals surface area contributed by atoms with Gasteiger partial charge >= 0.3 is 5.97 Å². The van der Waals surface area contributed by atoms with Crippen LogP contribution in [0.4, 0.5) is 10.7 Å². The minimum Gasteiger partial charge on any atom is -0.465 e. The molecule has 2 heterocycles. The third-order valence-electron chi connectivity index (χ3n) is 3.49. The Kier molecular flexibility index (Phi) is 4.11. The number of methoxy groups -OCH3 is 1. The Hall–Kier alpha value is -1.80. The van der Waals surface area contributed by atoms with Crippen molar-refractivity contribution in [1.82, 2.24) is 5.32 Å². The number of carbonyl (C=O) groups excluding carboxylic acids is 2. The second kappa shape index (κ2) is 5.53. The number of hydrogen-bond acceptors (Lipinski definition) is 7. The highest BCUT2D eigenvalue weighted by Gasteiger charge is 2.36. The molecule has 1 unspecified atom stereocenters. The van der Waals surface area contributed by atoms with E-state index in [1.807, 2.05) is 4.90 Å². The van der Waals surface area contributed by atoms with Crippen LogP contribution in [0.15, 0.2) is 0 Å². The van der Waals surface area contributed by atoms with E-state index in [2.05, 4.69) is 5.32 Å². The molecule has 0 radical (unpaired) electrons. The van der Waals surface area contributed by atoms with Crippen molar-refractivity contribution in [3.8, 4) is 0 Å². The summed E-state index contributed by atoms with van der Waals surface area (Å²) in [6.07, 6.45) is 0.589. The second-order valence-electron chi connectivity index (χ2n) is 5.26. The third-order valence-corrected chi connectivity index (χ3v) is 4.74. The monoisotopic (exact) mass is 313 g/mol. The highest BCUT2D eigenvalue weighted by Crippen LogP contribution is 2.41. The normalized spacial score (nSPS) is 21.4. The molecule has 21 heavy (non-hydrogen) atoms. The van der Waals surface area contributed by atoms with Crippen molar-refractivity contribution in [1.29, 1.82) is 0 Å². The van der Waals surface area contributed by atoms with Crippen LogP contribution < -0.4 is 16.0 Å². The first-order chi connectivity index (χ1) is 9.80. The maximum atomic E-state index is 12.1. The molecule has 1 saturated heterocycles. The fourth-order valence-corrected chi connectivity index (χ4v) is 3.52. The van der Waals surface area contributed by atoms with E-state index in [1.165, 1.54) is 14.2 Å². The van der Waals surface area contributed by atoms with Crippen LogP contribution in [0.2, 0.25) is 0 Å². The third kappa shape index (κ3) is 2.81. The number of esters is 1. The van der Waals surface area contributed by atoms with Crippen LogP contribution in [0.25, 0.3) is 0 Å². The summed E-state index contributed by atoms with van der Waals surface area (Å²) in [5.41, 5.74) is 5.52. The van der Waals surface area contributed by atoms with Crippen LogP contribution in [0.5, 0.6) is 0 Å². The highest BCUT2D eigenvalue weighted by atomic mass is 32.1. The number of thiophene rings is 1. The first-order valence-electron chi connectivity index (χ1n) is 6.50. The number of anilines is 2. The lowest BCUT2D eigenvalue weighted by atomic mass is 10.1. The molecule has 0 bridgehead atoms. The van der Waals surface area contributed by atoms with Crippen LogP contribution in [-0.4, -0.2) is 49.8 Å². The first-order valence-corrected chi connectivity index (χ1v) is 7.32. The topological polar surface area (TPSA) is 105 Å². The van der Waals surface area contributed by atoms with Crippen LogP contribution in [0, 0.1) is 0 Å². The zero-order valence-electron chi connectivity index (χ0n) is 12.2. The molecule has 1 aliphatic rings. The average molecular weight is 313 g/mol. The molecule has 7 nitrogen and oxygen atoms in total. The number of ether oxygens (including phenoxy) is 1. The van der Waals surface area contributed by atoms with Gasteiger partial charge in [-0.2, -0.15) is 0 Å². The summed E-state index contributed by atoms with van der Waals surface area (Å²) in [5.74, 6) is -0.930. The Balaban J connectivity index is 2.49. The summed E-state index contributed by atoms with van der Waals surface area (Å²) in [4.78, 5) is 25.9. The summed E-state index contributed by atoms with van der Waals surface area (Å²) in [6.45, 7) is 2.72. The lowest BCUT2D eigenvalue weighted by Crippen LogP contribution is -2.30. The predicted molar refractivity (Wildman–Crippen MR) is 80.9 cm³/mol. The van der Waals surface area contributed by atoms with E-state index in [4.69, 9.17) is 10.5 Å². The van der Waals surface area contributed by atoms with Gasteiger partial charge in [-0.1, -0.05) is 0 Å². The number of hydrogen-bond donors (Lipinski definition) is 3. The number of nitrogen functional groups attached to an aromatic ring is 1. The van der Waals surface area contributed by atoms with Crippen molar-refractivity contribution >= 4 is 33.9 Å². The van der Waals surface area contributed by atoms with Gasteiger partial charge in [0.25, 0.3) is 5.91 Å². The Morgan fingerprint density at radius 1 is 1.52 bits per heavy atom. The van der Waals surface area contributed by atoms with E-state index < -0.39 is 11.6 Å². The molecular formula is C13H19N3O4S. The molecule has 0 spiro atoms. The zero-order valence-corrected chi connectivity index (χ0v) is 13.0. The fourth-order valence-electron chi connectivity index (χ4n) is 2.36. The number of β-amino-alcohol motifs (C(OH)–C–C–N with tert-alkyl or cyclic N) is 1. The Morgan fingerprint density at radius 2 is 2.19 bits per heavy atom. The van der Waals surface area contributed by atoms with Gasteiger partial charge in [-0.25, -0.2) is 4.79 Å². The predicted octanol–water partition coefficient (Wildman–Crippen LogP) is 0.438. The number of nitrogens with two attached hydrogens (primary N) is 1. The summed E-state index contributed by atoms with van der Waals surface area (Å²) in [6, 6.07) is 0. The molecule has 0 aliphatic carbocycles. The number of nitrogens with zero attached hydrogens (tertiary/aromatic N) is 1. The van der Waals surface area contributed by atoms with E-state index in [-0.39, 0.29) is 22.0 Å². The summed E-state index contributed by atoms with van der Waals surface area (Å²) >= 11 is 1.11. The lowest BCUT2D eigenvalue weighted by Gasteiger charge is -2.20. The fraction of sp³-hybridized carbons (Fsp3) is 0.538. The number of rotatable bonds is 3. The second-order valence-corrected chi connectivity index (χ2v) is 6.26. The molecule has 1 amide bonds. The number of amides is 1. The quantitative estimate of drug-likeness (QED) is 0.699. The van der Waals surface area contributed by atoms with Crippen molar-refractivity contribution < 1.29 is 19.4 Å². The van der Waals surface area contributed by atoms with Gasteiger partial charge in [0.05, 0.1) is 24.0 Å². The van der Waals surface area contributed by atoms with Gasteiger partial charge < -0.3 is 25.8 Å². The van der Waals surface area contributed by atoms with E-state index >= 15 is 0 Å². The van der Waals surface area contributed by atoms with E-state index in [1.54, 1.807) is 6.92 Å². The Labute approximate surface area is 126 Å². The lowest BCUT2D eigenvalue weighted by molar-refractivity contribution is 0.0607. The minimum atomic E-state index is -0.815. The maximum absolute atomic E-state index is 12.1. The molecule has 1 aliphatic heterocycles. The average Bonchev–Trinajstić information content (AvgIpc) is 2.97. The Morgan fingerprint density at radius 3 is 2.67 bits per heavy atom. The highest BCUT2D eigenvalue weighted by molar-refractivity contribution is 7.19. The SMILES string of the molecule is CNC(=O)c1c(N2CCC(C)(O)C2)sc(C(=O)OC)c1N. The molecule has 0 aromatic carbocycles. The van der Waals surface area contributed by atoms with Crippen LogP contribution >= 0.6 is 11.3 Å². The molecule has 0 saturated carbocycles. The number of carbonyl (C=O) groups is 2. The van der Waals surface area contributed by atoms with Crippen molar-refractivity contribution in [2.75, 3.05) is 37.9 Å². The standard InChI is InChI=1S/C13H19N3O4S/c1-13(19)4-5-16(6-13)11-7(10(17)15-2)8(14)9(21-11)12(18)20-3/h19H,4-6,14H2,1-3H3,(H,15,17). The van der Waals surface area contributed by atoms with Gasteiger partial charge in [-0.3, -0.25) is 4.79 Å². The van der Waals surface area contributed by atoms with Crippen molar-refractivity contribution in [2.24, 2.45) is 0 Å². The van der Waals surface area contributed by atoms with Gasteiger partial charge in [0.15, 0.2) is 0 Å². The van der Waals surface area contributed by atoms with Crippen LogP contribution in [-0.2, 0) is 4.74 Å². The molecular weight excluding hydrogens is 294 g/mol. The summed E-state index contributed by atoms with van der Waals surface area (Å²) in [7, 11) is 2.77. The van der Waals surface area contributed by atoms with Gasteiger partial charge in [0, 0.05) is 20.1 Å². The number of aliphatic hydroxyl groups is 1. The van der Waals surface area contributed by atoms with Crippen molar-refractivity contribution in [2.45, 2.75) is 18.9 Å². The first kappa shape index (κ1) is 15.6. The molecule has 8 heteroatoms. The van der Waals surface area contributed by atoms with Crippen molar-refractivity contribution in [3.05, 3.63) is 10.4 Å². The van der Waals surface area contributed by atoms with Crippen LogP contribution in [0.1, 0.15) is 33.4 Å². The molecule has 2 rings (SSSR count). The van der Waals surface area contributed by atoms with Gasteiger partial charge in [-0.05, 0) is 13.3 Å². The summed E-state index contributed by atoms with van der Waals surface area (Å²) in [5, 5.41) is 13.2. The van der Waals surface area contributed by atoms with Crippen LogP contribution in [0.3, 0.4) is 0 Å². The van der Waals surface area contributed by atoms with Gasteiger partial charge in [0.2, 0.25) is 0 Å². The zero-order chi connectivity index (χ0) is 15.8. The molecule has 1 fully saturated rings. The molecule has 1 aromatic heterocycles. The molecule has 116 valence electrons. The molecule has 1 aromatic rings. The van der Waals surface area contributed by atoms with Crippen molar-refractivity contribution in [3.63, 3.8) is 0 Å². The molecule has 1 atom stereocenters. The minimum absolute atomic E-state index is 0.118.